The number of amides is 3. The summed E-state index contributed by atoms with van der Waals surface area (Å²) >= 11 is 0. The molecule has 0 heterocycles. The maximum atomic E-state index is 12.2. The van der Waals surface area contributed by atoms with Gasteiger partial charge in [-0.1, -0.05) is 26.0 Å². The number of nitrogens with two attached hydrogens (primary N) is 1. The van der Waals surface area contributed by atoms with Crippen molar-refractivity contribution in [2.24, 2.45) is 5.73 Å². The van der Waals surface area contributed by atoms with E-state index in [0.717, 1.165) is 12.2 Å². The van der Waals surface area contributed by atoms with Crippen LogP contribution in [-0.2, 0) is 25.6 Å². The largest absolute Gasteiger partial charge is 0.488 e. The molecule has 2 atom stereocenters. The lowest BCUT2D eigenvalue weighted by molar-refractivity contribution is -0.124. The molecule has 0 bridgehead atoms. The van der Waals surface area contributed by atoms with Crippen molar-refractivity contribution < 1.29 is 29.0 Å². The number of nitrogens with one attached hydrogen (secondary N) is 3. The van der Waals surface area contributed by atoms with Crippen LogP contribution in [0.15, 0.2) is 24.3 Å². The Morgan fingerprint density at radius 2 is 1.41 bits per heavy atom. The molecule has 10 nitrogen and oxygen atoms in total. The van der Waals surface area contributed by atoms with E-state index in [-0.39, 0.29) is 41.5 Å². The maximum Gasteiger partial charge on any atom is 0.290 e. The topological polar surface area (TPSA) is 160 Å². The first-order valence-electron chi connectivity index (χ1n) is 12.2. The number of hydrogen-bond donors (Lipinski definition) is 5. The van der Waals surface area contributed by atoms with Crippen LogP contribution in [0.2, 0.25) is 0 Å². The Kier molecular flexibility index (Phi) is 25.8. The van der Waals surface area contributed by atoms with Crippen molar-refractivity contribution in [1.82, 2.24) is 16.0 Å². The first kappa shape index (κ1) is 41.0. The average molecular weight is 529 g/mol. The standard InChI is InChI=1S/C20H34N2O2.2C2H5NO.C2H6.CH2O2/c1-14(21-18(23)15(2)22-19(3,4)5)13-16-9-11-17(12-10-16)24-20(6,7)8;1-3-2-4;1-2(3)4;1-2;2-1-3/h9-12,14-15,22H,13H2,1-8H3,(H,21,23);2H,1H3,(H,3,4);1H3,(H2,3,4);1-2H3;1H,(H,2,3). The highest BCUT2D eigenvalue weighted by Gasteiger charge is 2.20. The van der Waals surface area contributed by atoms with Crippen molar-refractivity contribution in [3.8, 4) is 5.75 Å². The molecular formula is C27H52N4O6. The number of benzene rings is 1. The van der Waals surface area contributed by atoms with E-state index in [1.54, 1.807) is 7.05 Å². The van der Waals surface area contributed by atoms with Crippen molar-refractivity contribution >= 4 is 24.7 Å². The molecule has 0 fully saturated rings. The van der Waals surface area contributed by atoms with Gasteiger partial charge in [-0.25, -0.2) is 0 Å². The molecule has 1 rings (SSSR count). The molecule has 3 amide bonds. The van der Waals surface area contributed by atoms with Gasteiger partial charge in [0.1, 0.15) is 11.4 Å². The molecule has 1 aromatic rings. The molecule has 216 valence electrons. The zero-order chi connectivity index (χ0) is 30.2. The van der Waals surface area contributed by atoms with Gasteiger partial charge in [0.25, 0.3) is 6.47 Å². The van der Waals surface area contributed by atoms with E-state index >= 15 is 0 Å². The van der Waals surface area contributed by atoms with Gasteiger partial charge in [-0.2, -0.15) is 0 Å². The zero-order valence-electron chi connectivity index (χ0n) is 24.9. The fourth-order valence-electron chi connectivity index (χ4n) is 2.53. The van der Waals surface area contributed by atoms with Gasteiger partial charge < -0.3 is 31.5 Å². The Labute approximate surface area is 224 Å². The third-order valence-electron chi connectivity index (χ3n) is 3.44. The molecule has 0 aliphatic rings. The van der Waals surface area contributed by atoms with Crippen LogP contribution < -0.4 is 26.4 Å². The lowest BCUT2D eigenvalue weighted by atomic mass is 10.1. The predicted octanol–water partition coefficient (Wildman–Crippen LogP) is 3.27. The van der Waals surface area contributed by atoms with Gasteiger partial charge in [0.15, 0.2) is 0 Å². The van der Waals surface area contributed by atoms with Gasteiger partial charge >= 0.3 is 0 Å². The van der Waals surface area contributed by atoms with E-state index in [2.05, 4.69) is 54.6 Å². The molecule has 0 saturated heterocycles. The summed E-state index contributed by atoms with van der Waals surface area (Å²) in [5, 5.41) is 15.5. The van der Waals surface area contributed by atoms with Crippen LogP contribution in [-0.4, -0.2) is 60.1 Å². The van der Waals surface area contributed by atoms with Gasteiger partial charge in [-0.3, -0.25) is 19.2 Å². The molecule has 0 aliphatic heterocycles. The molecule has 0 spiro atoms. The van der Waals surface area contributed by atoms with Gasteiger partial charge in [0.05, 0.1) is 6.04 Å². The molecule has 0 aromatic heterocycles. The third kappa shape index (κ3) is 35.1. The van der Waals surface area contributed by atoms with Crippen molar-refractivity contribution in [1.29, 1.82) is 0 Å². The lowest BCUT2D eigenvalue weighted by Crippen LogP contribution is -2.51. The quantitative estimate of drug-likeness (QED) is 0.339. The average Bonchev–Trinajstić information content (AvgIpc) is 2.74. The Morgan fingerprint density at radius 3 is 1.70 bits per heavy atom. The third-order valence-corrected chi connectivity index (χ3v) is 3.44. The summed E-state index contributed by atoms with van der Waals surface area (Å²) in [7, 11) is 1.56. The number of carboxylic acid groups (broad SMARTS) is 1. The molecular weight excluding hydrogens is 476 g/mol. The van der Waals surface area contributed by atoms with E-state index in [4.69, 9.17) is 19.4 Å². The van der Waals surface area contributed by atoms with Crippen LogP contribution in [0.4, 0.5) is 0 Å². The van der Waals surface area contributed by atoms with Crippen LogP contribution in [0.5, 0.6) is 5.75 Å². The predicted molar refractivity (Wildman–Crippen MR) is 151 cm³/mol. The molecule has 6 N–H and O–H groups in total. The second-order valence-corrected chi connectivity index (χ2v) is 9.71. The minimum Gasteiger partial charge on any atom is -0.488 e. The van der Waals surface area contributed by atoms with Crippen LogP contribution in [0, 0.1) is 0 Å². The highest BCUT2D eigenvalue weighted by atomic mass is 16.5. The normalized spacial score (nSPS) is 11.4. The Bertz CT molecular complexity index is 722. The number of rotatable bonds is 7. The molecule has 37 heavy (non-hydrogen) atoms. The van der Waals surface area contributed by atoms with E-state index in [0.29, 0.717) is 6.41 Å². The molecule has 0 saturated carbocycles. The van der Waals surface area contributed by atoms with E-state index in [9.17, 15) is 9.59 Å². The van der Waals surface area contributed by atoms with Crippen molar-refractivity contribution in [2.75, 3.05) is 7.05 Å². The monoisotopic (exact) mass is 528 g/mol. The molecule has 0 aliphatic carbocycles. The minimum atomic E-state index is -0.333. The number of primary amides is 1. The van der Waals surface area contributed by atoms with E-state index < -0.39 is 0 Å². The van der Waals surface area contributed by atoms with Gasteiger partial charge in [-0.05, 0) is 79.5 Å². The summed E-state index contributed by atoms with van der Waals surface area (Å²) < 4.78 is 5.83. The summed E-state index contributed by atoms with van der Waals surface area (Å²) in [6, 6.07) is 7.95. The van der Waals surface area contributed by atoms with Crippen LogP contribution in [0.1, 0.15) is 81.7 Å². The van der Waals surface area contributed by atoms with Crippen molar-refractivity contribution in [2.45, 2.75) is 106 Å². The molecule has 10 heteroatoms. The summed E-state index contributed by atoms with van der Waals surface area (Å²) in [4.78, 5) is 38.9. The highest BCUT2D eigenvalue weighted by molar-refractivity contribution is 5.81. The highest BCUT2D eigenvalue weighted by Crippen LogP contribution is 2.19. The number of hydrogen-bond acceptors (Lipinski definition) is 6. The fourth-order valence-corrected chi connectivity index (χ4v) is 2.53. The maximum absolute atomic E-state index is 12.2. The summed E-state index contributed by atoms with van der Waals surface area (Å²) in [5.41, 5.74) is 5.38. The van der Waals surface area contributed by atoms with E-state index in [1.807, 2.05) is 60.6 Å². The smallest absolute Gasteiger partial charge is 0.290 e. The molecule has 1 aromatic carbocycles. The first-order valence-corrected chi connectivity index (χ1v) is 12.2. The SMILES string of the molecule is CC.CC(Cc1ccc(OC(C)(C)C)cc1)NC(=O)C(C)NC(C)(C)C.CC(N)=O.CNC=O.O=CO. The van der Waals surface area contributed by atoms with Crippen LogP contribution >= 0.6 is 0 Å². The van der Waals surface area contributed by atoms with Crippen molar-refractivity contribution in [3.63, 3.8) is 0 Å². The lowest BCUT2D eigenvalue weighted by Gasteiger charge is -2.26. The second-order valence-electron chi connectivity index (χ2n) is 9.71. The molecule has 2 unspecified atom stereocenters. The number of carbonyl (C=O) groups excluding carboxylic acids is 3. The van der Waals surface area contributed by atoms with Gasteiger partial charge in [0, 0.05) is 25.6 Å². The first-order chi connectivity index (χ1) is 16.9. The van der Waals surface area contributed by atoms with E-state index in [1.165, 1.54) is 12.5 Å². The number of ether oxygens (including phenoxy) is 1. The fraction of sp³-hybridized carbons (Fsp3) is 0.630. The summed E-state index contributed by atoms with van der Waals surface area (Å²) in [6.07, 6.45) is 1.42. The minimum absolute atomic E-state index is 0.0325. The summed E-state index contributed by atoms with van der Waals surface area (Å²) in [5.74, 6) is 0.566. The zero-order valence-corrected chi connectivity index (χ0v) is 24.9. The van der Waals surface area contributed by atoms with Crippen LogP contribution in [0.3, 0.4) is 0 Å². The summed E-state index contributed by atoms with van der Waals surface area (Å²) in [6.45, 7) is 21.2. The Balaban J connectivity index is -0.000000349. The second kappa shape index (κ2) is 23.3. The van der Waals surface area contributed by atoms with Crippen molar-refractivity contribution in [3.05, 3.63) is 29.8 Å². The molecule has 0 radical (unpaired) electrons. The Morgan fingerprint density at radius 1 is 1.03 bits per heavy atom. The van der Waals surface area contributed by atoms with Gasteiger partial charge in [-0.15, -0.1) is 0 Å². The van der Waals surface area contributed by atoms with Crippen LogP contribution in [0.25, 0.3) is 0 Å². The van der Waals surface area contributed by atoms with Gasteiger partial charge in [0.2, 0.25) is 18.2 Å². The Hall–Kier alpha value is -3.14. The number of carbonyl (C=O) groups is 4.